The zero-order chi connectivity index (χ0) is 22.2. The summed E-state index contributed by atoms with van der Waals surface area (Å²) in [5, 5.41) is 13.7. The predicted octanol–water partition coefficient (Wildman–Crippen LogP) is 6.15. The summed E-state index contributed by atoms with van der Waals surface area (Å²) in [6.45, 7) is 3.90. The van der Waals surface area contributed by atoms with Gasteiger partial charge in [0.15, 0.2) is 5.13 Å². The molecular formula is C23H17Cl2N3O2S. The Hall–Kier alpha value is -3.11. The lowest BCUT2D eigenvalue weighted by Crippen LogP contribution is -2.13. The molecule has 0 aliphatic heterocycles. The molecule has 8 heteroatoms. The number of ether oxygens (including phenoxy) is 1. The van der Waals surface area contributed by atoms with Crippen molar-refractivity contribution < 1.29 is 9.53 Å². The molecule has 0 atom stereocenters. The van der Waals surface area contributed by atoms with Gasteiger partial charge >= 0.3 is 0 Å². The van der Waals surface area contributed by atoms with Crippen molar-refractivity contribution in [1.82, 2.24) is 4.98 Å². The van der Waals surface area contributed by atoms with E-state index < -0.39 is 5.91 Å². The molecule has 31 heavy (non-hydrogen) atoms. The summed E-state index contributed by atoms with van der Waals surface area (Å²) in [5.74, 6) is -0.0799. The van der Waals surface area contributed by atoms with E-state index in [1.165, 1.54) is 17.4 Å². The van der Waals surface area contributed by atoms with Gasteiger partial charge in [0.25, 0.3) is 5.91 Å². The van der Waals surface area contributed by atoms with E-state index in [0.29, 0.717) is 32.9 Å². The number of hydrogen-bond acceptors (Lipinski definition) is 5. The van der Waals surface area contributed by atoms with Gasteiger partial charge < -0.3 is 4.74 Å². The molecule has 0 radical (unpaired) electrons. The molecular weight excluding hydrogens is 453 g/mol. The normalized spacial score (nSPS) is 10.9. The lowest BCUT2D eigenvalue weighted by molar-refractivity contribution is -0.112. The first-order valence-electron chi connectivity index (χ1n) is 9.14. The number of nitrogens with zero attached hydrogens (tertiary/aromatic N) is 2. The van der Waals surface area contributed by atoms with Crippen LogP contribution in [0.4, 0.5) is 5.13 Å². The van der Waals surface area contributed by atoms with Gasteiger partial charge in [-0.05, 0) is 42.0 Å². The monoisotopic (exact) mass is 469 g/mol. The molecule has 0 spiro atoms. The number of carbonyl (C=O) groups is 1. The Bertz CT molecular complexity index is 1180. The molecule has 3 rings (SSSR count). The van der Waals surface area contributed by atoms with E-state index in [4.69, 9.17) is 27.9 Å². The summed E-state index contributed by atoms with van der Waals surface area (Å²) in [6, 6.07) is 14.4. The summed E-state index contributed by atoms with van der Waals surface area (Å²) in [6.07, 6.45) is 5.36. The number of benzene rings is 2. The third-order valence-electron chi connectivity index (χ3n) is 4.03. The third-order valence-corrected chi connectivity index (χ3v) is 5.42. The van der Waals surface area contributed by atoms with E-state index in [1.54, 1.807) is 30.5 Å². The van der Waals surface area contributed by atoms with Crippen LogP contribution in [0.15, 0.2) is 66.9 Å². The number of nitrogens with one attached hydrogen (secondary N) is 1. The fourth-order valence-corrected chi connectivity index (χ4v) is 3.91. The number of nitriles is 1. The molecule has 156 valence electrons. The molecule has 0 bridgehead atoms. The fourth-order valence-electron chi connectivity index (χ4n) is 2.68. The van der Waals surface area contributed by atoms with Crippen molar-refractivity contribution in [2.24, 2.45) is 0 Å². The Kier molecular flexibility index (Phi) is 7.85. The highest BCUT2D eigenvalue weighted by Crippen LogP contribution is 2.27. The summed E-state index contributed by atoms with van der Waals surface area (Å²) in [5.41, 5.74) is 1.46. The number of halogens is 2. The number of hydrogen-bond donors (Lipinski definition) is 1. The summed E-state index contributed by atoms with van der Waals surface area (Å²) >= 11 is 13.4. The first kappa shape index (κ1) is 22.6. The number of anilines is 1. The first-order chi connectivity index (χ1) is 15.0. The van der Waals surface area contributed by atoms with Gasteiger partial charge in [-0.2, -0.15) is 5.26 Å². The lowest BCUT2D eigenvalue weighted by Gasteiger charge is -2.08. The number of rotatable bonds is 8. The van der Waals surface area contributed by atoms with Crippen LogP contribution < -0.4 is 10.1 Å². The van der Waals surface area contributed by atoms with E-state index in [1.807, 2.05) is 30.3 Å². The standard InChI is InChI=1S/C23H17Cl2N3O2S/c1-2-8-30-21-7-6-19(25)12-16(21)11-17(13-26)22(29)28-23-27-14-20(31-23)10-15-4-3-5-18(24)9-15/h2-7,9,11-12,14H,1,8,10H2,(H,27,28,29). The van der Waals surface area contributed by atoms with Crippen molar-refractivity contribution in [2.75, 3.05) is 11.9 Å². The summed E-state index contributed by atoms with van der Waals surface area (Å²) < 4.78 is 5.57. The van der Waals surface area contributed by atoms with Crippen LogP contribution in [0.1, 0.15) is 16.0 Å². The van der Waals surface area contributed by atoms with Crippen LogP contribution in [0.2, 0.25) is 10.0 Å². The van der Waals surface area contributed by atoms with Crippen LogP contribution >= 0.6 is 34.5 Å². The van der Waals surface area contributed by atoms with Gasteiger partial charge in [0.05, 0.1) is 0 Å². The number of amides is 1. The minimum absolute atomic E-state index is 0.0997. The van der Waals surface area contributed by atoms with E-state index in [0.717, 1.165) is 10.4 Å². The Balaban J connectivity index is 1.75. The molecule has 0 aliphatic rings. The van der Waals surface area contributed by atoms with E-state index in [9.17, 15) is 10.1 Å². The van der Waals surface area contributed by atoms with Gasteiger partial charge in [0.1, 0.15) is 24.0 Å². The molecule has 0 fully saturated rings. The number of carbonyl (C=O) groups excluding carboxylic acids is 1. The largest absolute Gasteiger partial charge is 0.489 e. The number of aromatic nitrogens is 1. The highest BCUT2D eigenvalue weighted by molar-refractivity contribution is 7.15. The Morgan fingerprint density at radius 1 is 1.26 bits per heavy atom. The maximum absolute atomic E-state index is 12.6. The van der Waals surface area contributed by atoms with Gasteiger partial charge in [-0.3, -0.25) is 10.1 Å². The van der Waals surface area contributed by atoms with Crippen molar-refractivity contribution in [3.05, 3.63) is 92.9 Å². The molecule has 0 unspecified atom stereocenters. The van der Waals surface area contributed by atoms with E-state index in [-0.39, 0.29) is 12.2 Å². The molecule has 1 heterocycles. The van der Waals surface area contributed by atoms with Gasteiger partial charge in [0.2, 0.25) is 0 Å². The zero-order valence-electron chi connectivity index (χ0n) is 16.3. The van der Waals surface area contributed by atoms with Crippen LogP contribution in [0, 0.1) is 11.3 Å². The molecule has 0 aliphatic carbocycles. The van der Waals surface area contributed by atoms with Crippen molar-refractivity contribution in [2.45, 2.75) is 6.42 Å². The Labute approximate surface area is 194 Å². The highest BCUT2D eigenvalue weighted by atomic mass is 35.5. The molecule has 5 nitrogen and oxygen atoms in total. The molecule has 0 saturated carbocycles. The second kappa shape index (κ2) is 10.8. The average molecular weight is 470 g/mol. The van der Waals surface area contributed by atoms with E-state index in [2.05, 4.69) is 16.9 Å². The SMILES string of the molecule is C=CCOc1ccc(Cl)cc1C=C(C#N)C(=O)Nc1ncc(Cc2cccc(Cl)c2)s1. The second-order valence-electron chi connectivity index (χ2n) is 6.34. The van der Waals surface area contributed by atoms with Crippen molar-refractivity contribution in [1.29, 1.82) is 5.26 Å². The van der Waals surface area contributed by atoms with Crippen LogP contribution in [0.3, 0.4) is 0 Å². The molecule has 1 aromatic heterocycles. The van der Waals surface area contributed by atoms with Crippen molar-refractivity contribution in [3.8, 4) is 11.8 Å². The maximum atomic E-state index is 12.6. The smallest absolute Gasteiger partial charge is 0.268 e. The van der Waals surface area contributed by atoms with E-state index >= 15 is 0 Å². The van der Waals surface area contributed by atoms with Gasteiger partial charge in [-0.1, -0.05) is 48.0 Å². The fraction of sp³-hybridized carbons (Fsp3) is 0.0870. The predicted molar refractivity (Wildman–Crippen MR) is 126 cm³/mol. The lowest BCUT2D eigenvalue weighted by atomic mass is 10.1. The Morgan fingerprint density at radius 3 is 2.81 bits per heavy atom. The molecule has 2 aromatic carbocycles. The highest BCUT2D eigenvalue weighted by Gasteiger charge is 2.14. The van der Waals surface area contributed by atoms with Crippen LogP contribution in [0.5, 0.6) is 5.75 Å². The molecule has 1 N–H and O–H groups in total. The third kappa shape index (κ3) is 6.43. The number of thiazole rings is 1. The van der Waals surface area contributed by atoms with Crippen LogP contribution in [0.25, 0.3) is 6.08 Å². The zero-order valence-corrected chi connectivity index (χ0v) is 18.6. The van der Waals surface area contributed by atoms with Gasteiger partial charge in [0, 0.05) is 33.1 Å². The Morgan fingerprint density at radius 2 is 2.06 bits per heavy atom. The summed E-state index contributed by atoms with van der Waals surface area (Å²) in [4.78, 5) is 17.8. The van der Waals surface area contributed by atoms with Crippen molar-refractivity contribution >= 4 is 51.7 Å². The minimum Gasteiger partial charge on any atom is -0.489 e. The van der Waals surface area contributed by atoms with Gasteiger partial charge in [-0.15, -0.1) is 11.3 Å². The minimum atomic E-state index is -0.569. The quantitative estimate of drug-likeness (QED) is 0.243. The second-order valence-corrected chi connectivity index (χ2v) is 8.33. The topological polar surface area (TPSA) is 75.0 Å². The summed E-state index contributed by atoms with van der Waals surface area (Å²) in [7, 11) is 0. The van der Waals surface area contributed by atoms with Crippen LogP contribution in [-0.4, -0.2) is 17.5 Å². The maximum Gasteiger partial charge on any atom is 0.268 e. The first-order valence-corrected chi connectivity index (χ1v) is 10.7. The molecule has 1 amide bonds. The molecule has 0 saturated heterocycles. The van der Waals surface area contributed by atoms with Crippen molar-refractivity contribution in [3.63, 3.8) is 0 Å². The molecule has 3 aromatic rings. The van der Waals surface area contributed by atoms with Crippen LogP contribution in [-0.2, 0) is 11.2 Å². The average Bonchev–Trinajstić information content (AvgIpc) is 3.17. The van der Waals surface area contributed by atoms with Gasteiger partial charge in [-0.25, -0.2) is 4.98 Å².